The second-order valence-corrected chi connectivity index (χ2v) is 7.92. The Morgan fingerprint density at radius 1 is 1.17 bits per heavy atom. The lowest BCUT2D eigenvalue weighted by Gasteiger charge is -2.29. The second kappa shape index (κ2) is 6.46. The quantitative estimate of drug-likeness (QED) is 0.676. The maximum Gasteiger partial charge on any atom is 0.264 e. The first kappa shape index (κ1) is 16.2. The van der Waals surface area contributed by atoms with Crippen molar-refractivity contribution in [2.45, 2.75) is 17.6 Å². The Morgan fingerprint density at radius 2 is 1.83 bits per heavy atom. The molecule has 1 aliphatic rings. The standard InChI is InChI=1S/C19H16BrNOS/c1-3-16(13-9-11-15(20)12-10-13)19(2)18(22)21-17(23-19)14-7-5-4-6-8-14/h3-12,16H,1H2,2H3. The van der Waals surface area contributed by atoms with E-state index in [0.29, 0.717) is 0 Å². The Labute approximate surface area is 148 Å². The molecule has 0 fully saturated rings. The number of amides is 1. The molecular weight excluding hydrogens is 370 g/mol. The molecule has 0 aromatic heterocycles. The summed E-state index contributed by atoms with van der Waals surface area (Å²) in [5.41, 5.74) is 2.05. The maximum atomic E-state index is 12.7. The number of carbonyl (C=O) groups is 1. The zero-order valence-corrected chi connectivity index (χ0v) is 15.1. The molecule has 2 atom stereocenters. The van der Waals surface area contributed by atoms with E-state index in [-0.39, 0.29) is 11.8 Å². The van der Waals surface area contributed by atoms with Crippen molar-refractivity contribution in [2.75, 3.05) is 0 Å². The number of hydrogen-bond donors (Lipinski definition) is 0. The predicted octanol–water partition coefficient (Wildman–Crippen LogP) is 5.20. The zero-order chi connectivity index (χ0) is 16.4. The summed E-state index contributed by atoms with van der Waals surface area (Å²) in [6, 6.07) is 17.8. The first-order valence-corrected chi connectivity index (χ1v) is 8.91. The minimum Gasteiger partial charge on any atom is -0.271 e. The van der Waals surface area contributed by atoms with Gasteiger partial charge in [0.25, 0.3) is 5.91 Å². The molecule has 1 amide bonds. The summed E-state index contributed by atoms with van der Waals surface area (Å²) in [6.07, 6.45) is 1.84. The summed E-state index contributed by atoms with van der Waals surface area (Å²) in [5, 5.41) is 0.780. The minimum absolute atomic E-state index is 0.0990. The van der Waals surface area contributed by atoms with Gasteiger partial charge in [-0.05, 0) is 24.6 Å². The highest BCUT2D eigenvalue weighted by atomic mass is 79.9. The average molecular weight is 386 g/mol. The van der Waals surface area contributed by atoms with Crippen molar-refractivity contribution in [1.82, 2.24) is 0 Å². The predicted molar refractivity (Wildman–Crippen MR) is 101 cm³/mol. The van der Waals surface area contributed by atoms with Gasteiger partial charge in [-0.1, -0.05) is 76.2 Å². The molecule has 116 valence electrons. The van der Waals surface area contributed by atoms with Crippen molar-refractivity contribution in [3.63, 3.8) is 0 Å². The number of benzene rings is 2. The van der Waals surface area contributed by atoms with E-state index >= 15 is 0 Å². The molecule has 2 nitrogen and oxygen atoms in total. The Bertz CT molecular complexity index is 770. The molecule has 1 aliphatic heterocycles. The molecule has 1 heterocycles. The Balaban J connectivity index is 1.94. The van der Waals surface area contributed by atoms with E-state index in [4.69, 9.17) is 0 Å². The molecule has 23 heavy (non-hydrogen) atoms. The molecule has 0 saturated carbocycles. The minimum atomic E-state index is -0.666. The molecule has 0 spiro atoms. The Morgan fingerprint density at radius 3 is 2.43 bits per heavy atom. The number of thioether (sulfide) groups is 1. The Kier molecular flexibility index (Phi) is 4.55. The third kappa shape index (κ3) is 3.06. The van der Waals surface area contributed by atoms with Crippen LogP contribution in [-0.2, 0) is 4.79 Å². The van der Waals surface area contributed by atoms with Crippen LogP contribution in [0.15, 0.2) is 76.7 Å². The molecule has 0 bridgehead atoms. The molecule has 2 aromatic carbocycles. The SMILES string of the molecule is C=CC(c1ccc(Br)cc1)C1(C)SC(c2ccccc2)=NC1=O. The fourth-order valence-corrected chi connectivity index (χ4v) is 4.26. The van der Waals surface area contributed by atoms with E-state index in [0.717, 1.165) is 20.6 Å². The van der Waals surface area contributed by atoms with Crippen LogP contribution < -0.4 is 0 Å². The first-order chi connectivity index (χ1) is 11.0. The number of aliphatic imine (C=N–C) groups is 1. The van der Waals surface area contributed by atoms with Gasteiger partial charge in [-0.2, -0.15) is 0 Å². The fourth-order valence-electron chi connectivity index (χ4n) is 2.72. The van der Waals surface area contributed by atoms with E-state index in [9.17, 15) is 4.79 Å². The summed E-state index contributed by atoms with van der Waals surface area (Å²) < 4.78 is 0.349. The number of nitrogens with zero attached hydrogens (tertiary/aromatic N) is 1. The van der Waals surface area contributed by atoms with Crippen LogP contribution in [0.1, 0.15) is 24.0 Å². The topological polar surface area (TPSA) is 29.4 Å². The van der Waals surface area contributed by atoms with Crippen molar-refractivity contribution in [3.8, 4) is 0 Å². The van der Waals surface area contributed by atoms with Gasteiger partial charge in [0.1, 0.15) is 9.79 Å². The number of allylic oxidation sites excluding steroid dienone is 1. The van der Waals surface area contributed by atoms with Crippen molar-refractivity contribution in [2.24, 2.45) is 4.99 Å². The van der Waals surface area contributed by atoms with Crippen molar-refractivity contribution in [1.29, 1.82) is 0 Å². The molecule has 0 saturated heterocycles. The number of rotatable bonds is 4. The number of hydrogen-bond acceptors (Lipinski definition) is 2. The molecule has 4 heteroatoms. The van der Waals surface area contributed by atoms with Crippen LogP contribution in [0.25, 0.3) is 0 Å². The smallest absolute Gasteiger partial charge is 0.264 e. The van der Waals surface area contributed by atoms with E-state index in [1.807, 2.05) is 67.6 Å². The van der Waals surface area contributed by atoms with Gasteiger partial charge in [-0.25, -0.2) is 4.99 Å². The van der Waals surface area contributed by atoms with E-state index in [1.165, 1.54) is 11.8 Å². The third-order valence-electron chi connectivity index (χ3n) is 4.02. The van der Waals surface area contributed by atoms with Gasteiger partial charge in [0.2, 0.25) is 0 Å². The lowest BCUT2D eigenvalue weighted by molar-refractivity contribution is -0.119. The first-order valence-electron chi connectivity index (χ1n) is 7.30. The van der Waals surface area contributed by atoms with Gasteiger partial charge < -0.3 is 0 Å². The highest BCUT2D eigenvalue weighted by molar-refractivity contribution is 9.10. The molecule has 3 rings (SSSR count). The molecule has 0 aliphatic carbocycles. The van der Waals surface area contributed by atoms with Gasteiger partial charge in [-0.3, -0.25) is 4.79 Å². The maximum absolute atomic E-state index is 12.7. The lowest BCUT2D eigenvalue weighted by Crippen LogP contribution is -2.34. The number of halogens is 1. The average Bonchev–Trinajstić information content (AvgIpc) is 2.87. The summed E-state index contributed by atoms with van der Waals surface area (Å²) in [4.78, 5) is 17.0. The van der Waals surface area contributed by atoms with Crippen LogP contribution in [0.2, 0.25) is 0 Å². The lowest BCUT2D eigenvalue weighted by atomic mass is 9.86. The van der Waals surface area contributed by atoms with Crippen LogP contribution in [0.5, 0.6) is 0 Å². The van der Waals surface area contributed by atoms with Crippen LogP contribution in [0, 0.1) is 0 Å². The van der Waals surface area contributed by atoms with E-state index in [2.05, 4.69) is 27.5 Å². The Hall–Kier alpha value is -1.65. The summed E-state index contributed by atoms with van der Waals surface area (Å²) in [7, 11) is 0. The monoisotopic (exact) mass is 385 g/mol. The van der Waals surface area contributed by atoms with Crippen LogP contribution in [-0.4, -0.2) is 15.7 Å². The van der Waals surface area contributed by atoms with Crippen molar-refractivity contribution < 1.29 is 4.79 Å². The van der Waals surface area contributed by atoms with Gasteiger partial charge in [0, 0.05) is 16.0 Å². The van der Waals surface area contributed by atoms with Crippen LogP contribution in [0.3, 0.4) is 0 Å². The summed E-state index contributed by atoms with van der Waals surface area (Å²) in [6.45, 7) is 5.91. The normalized spacial score (nSPS) is 21.8. The third-order valence-corrected chi connectivity index (χ3v) is 5.92. The second-order valence-electron chi connectivity index (χ2n) is 5.56. The highest BCUT2D eigenvalue weighted by Crippen LogP contribution is 2.46. The van der Waals surface area contributed by atoms with E-state index < -0.39 is 4.75 Å². The summed E-state index contributed by atoms with van der Waals surface area (Å²) >= 11 is 4.97. The molecular formula is C19H16BrNOS. The van der Waals surface area contributed by atoms with Crippen LogP contribution >= 0.6 is 27.7 Å². The van der Waals surface area contributed by atoms with Gasteiger partial charge in [-0.15, -0.1) is 6.58 Å². The molecule has 2 aromatic rings. The largest absolute Gasteiger partial charge is 0.271 e. The molecule has 0 N–H and O–H groups in total. The fraction of sp³-hybridized carbons (Fsp3) is 0.158. The van der Waals surface area contributed by atoms with Gasteiger partial charge >= 0.3 is 0 Å². The summed E-state index contributed by atoms with van der Waals surface area (Å²) in [5.74, 6) is -0.202. The van der Waals surface area contributed by atoms with Crippen molar-refractivity contribution >= 4 is 38.6 Å². The highest BCUT2D eigenvalue weighted by Gasteiger charge is 2.47. The van der Waals surface area contributed by atoms with Crippen LogP contribution in [0.4, 0.5) is 0 Å². The van der Waals surface area contributed by atoms with E-state index in [1.54, 1.807) is 0 Å². The zero-order valence-electron chi connectivity index (χ0n) is 12.7. The van der Waals surface area contributed by atoms with Gasteiger partial charge in [0.05, 0.1) is 0 Å². The molecule has 2 unspecified atom stereocenters. The molecule has 0 radical (unpaired) electrons. The van der Waals surface area contributed by atoms with Crippen molar-refractivity contribution in [3.05, 3.63) is 82.9 Å². The van der Waals surface area contributed by atoms with Gasteiger partial charge in [0.15, 0.2) is 0 Å². The number of carbonyl (C=O) groups excluding carboxylic acids is 1.